The minimum atomic E-state index is -0.141. The number of piperidine rings is 1. The van der Waals surface area contributed by atoms with Gasteiger partial charge in [-0.25, -0.2) is 0 Å². The van der Waals surface area contributed by atoms with Gasteiger partial charge in [-0.1, -0.05) is 20.8 Å². The first-order valence-corrected chi connectivity index (χ1v) is 6.72. The maximum atomic E-state index is 11.1. The number of hydrogen-bond acceptors (Lipinski definition) is 5. The lowest BCUT2D eigenvalue weighted by atomic mass is 9.97. The molecule has 1 atom stereocenters. The average Bonchev–Trinajstić information content (AvgIpc) is 2.77. The Balaban J connectivity index is 2.05. The number of aromatic nitrogens is 2. The maximum Gasteiger partial charge on any atom is 0.266 e. The second-order valence-electron chi connectivity index (χ2n) is 6.14. The minimum absolute atomic E-state index is 0.00958. The molecule has 1 amide bonds. The van der Waals surface area contributed by atoms with Gasteiger partial charge in [0.25, 0.3) is 5.95 Å². The highest BCUT2D eigenvalue weighted by Gasteiger charge is 2.27. The zero-order chi connectivity index (χ0) is 14.0. The normalized spacial score (nSPS) is 20.4. The Morgan fingerprint density at radius 3 is 2.79 bits per heavy atom. The van der Waals surface area contributed by atoms with Crippen molar-refractivity contribution in [3.63, 3.8) is 0 Å². The van der Waals surface area contributed by atoms with Crippen molar-refractivity contribution in [2.24, 2.45) is 0 Å². The highest BCUT2D eigenvalue weighted by Crippen LogP contribution is 2.23. The number of hydrogen-bond donors (Lipinski definition) is 1. The summed E-state index contributed by atoms with van der Waals surface area (Å²) < 4.78 is 5.31. The molecule has 1 saturated heterocycles. The summed E-state index contributed by atoms with van der Waals surface area (Å²) in [5.41, 5.74) is -0.141. The van der Waals surface area contributed by atoms with Crippen molar-refractivity contribution in [1.29, 1.82) is 0 Å². The molecule has 0 radical (unpaired) electrons. The molecule has 6 heteroatoms. The van der Waals surface area contributed by atoms with Gasteiger partial charge in [0.15, 0.2) is 0 Å². The molecule has 2 heterocycles. The van der Waals surface area contributed by atoms with Gasteiger partial charge in [0.05, 0.1) is 0 Å². The molecular weight excluding hydrogens is 244 g/mol. The Kier molecular flexibility index (Phi) is 3.78. The number of nitrogens with zero attached hydrogens (tertiary/aromatic N) is 3. The minimum Gasteiger partial charge on any atom is -0.352 e. The van der Waals surface area contributed by atoms with Crippen molar-refractivity contribution >= 4 is 11.9 Å². The van der Waals surface area contributed by atoms with E-state index in [2.05, 4.69) is 20.4 Å². The van der Waals surface area contributed by atoms with Gasteiger partial charge < -0.3 is 14.7 Å². The Morgan fingerprint density at radius 2 is 2.21 bits per heavy atom. The first kappa shape index (κ1) is 13.8. The fourth-order valence-electron chi connectivity index (χ4n) is 2.21. The van der Waals surface area contributed by atoms with Gasteiger partial charge in [0, 0.05) is 31.5 Å². The lowest BCUT2D eigenvalue weighted by Crippen LogP contribution is -2.47. The summed E-state index contributed by atoms with van der Waals surface area (Å²) in [5.74, 6) is 1.28. The van der Waals surface area contributed by atoms with E-state index in [0.29, 0.717) is 11.8 Å². The quantitative estimate of drug-likeness (QED) is 0.877. The van der Waals surface area contributed by atoms with Crippen LogP contribution in [0.3, 0.4) is 0 Å². The number of carbonyl (C=O) groups excluding carboxylic acids is 1. The van der Waals surface area contributed by atoms with Crippen LogP contribution in [0.5, 0.6) is 0 Å². The summed E-state index contributed by atoms with van der Waals surface area (Å²) in [5, 5.41) is 7.00. The summed E-state index contributed by atoms with van der Waals surface area (Å²) in [6.07, 6.45) is 2.02. The van der Waals surface area contributed by atoms with E-state index in [1.54, 1.807) is 6.92 Å². The van der Waals surface area contributed by atoms with Gasteiger partial charge in [0.1, 0.15) is 0 Å². The predicted octanol–water partition coefficient (Wildman–Crippen LogP) is 1.47. The average molecular weight is 266 g/mol. The van der Waals surface area contributed by atoms with Gasteiger partial charge in [0.2, 0.25) is 11.8 Å². The van der Waals surface area contributed by atoms with Crippen LogP contribution in [0.1, 0.15) is 46.4 Å². The van der Waals surface area contributed by atoms with Crippen LogP contribution in [0, 0.1) is 0 Å². The molecule has 0 saturated carbocycles. The van der Waals surface area contributed by atoms with Gasteiger partial charge in [-0.2, -0.15) is 4.98 Å². The van der Waals surface area contributed by atoms with Gasteiger partial charge >= 0.3 is 0 Å². The van der Waals surface area contributed by atoms with Crippen molar-refractivity contribution < 1.29 is 9.32 Å². The summed E-state index contributed by atoms with van der Waals surface area (Å²) in [6.45, 7) is 9.31. The van der Waals surface area contributed by atoms with E-state index in [1.807, 2.05) is 20.8 Å². The lowest BCUT2D eigenvalue weighted by Gasteiger charge is -2.31. The zero-order valence-corrected chi connectivity index (χ0v) is 12.1. The largest absolute Gasteiger partial charge is 0.352 e. The SMILES string of the molecule is CC(=O)N[C@@H]1CCCN(c2noc(C(C)(C)C)n2)C1. The fraction of sp³-hybridized carbons (Fsp3) is 0.769. The van der Waals surface area contributed by atoms with Crippen LogP contribution in [0.2, 0.25) is 0 Å². The molecule has 1 fully saturated rings. The van der Waals surface area contributed by atoms with Crippen molar-refractivity contribution in [2.75, 3.05) is 18.0 Å². The summed E-state index contributed by atoms with van der Waals surface area (Å²) in [4.78, 5) is 17.6. The van der Waals surface area contributed by atoms with E-state index in [4.69, 9.17) is 4.52 Å². The molecule has 0 unspecified atom stereocenters. The lowest BCUT2D eigenvalue weighted by molar-refractivity contribution is -0.119. The maximum absolute atomic E-state index is 11.1. The summed E-state index contributed by atoms with van der Waals surface area (Å²) in [6, 6.07) is 0.169. The molecule has 0 bridgehead atoms. The fourth-order valence-corrected chi connectivity index (χ4v) is 2.21. The number of anilines is 1. The van der Waals surface area contributed by atoms with Crippen LogP contribution in [0.15, 0.2) is 4.52 Å². The third-order valence-corrected chi connectivity index (χ3v) is 3.17. The highest BCUT2D eigenvalue weighted by atomic mass is 16.5. The molecule has 19 heavy (non-hydrogen) atoms. The topological polar surface area (TPSA) is 71.3 Å². The zero-order valence-electron chi connectivity index (χ0n) is 12.1. The Bertz CT molecular complexity index is 450. The molecule has 106 valence electrons. The van der Waals surface area contributed by atoms with Crippen LogP contribution in [-0.2, 0) is 10.2 Å². The number of rotatable bonds is 2. The van der Waals surface area contributed by atoms with Crippen molar-refractivity contribution in [1.82, 2.24) is 15.5 Å². The Labute approximate surface area is 113 Å². The molecule has 0 aliphatic carbocycles. The van der Waals surface area contributed by atoms with Crippen LogP contribution in [0.4, 0.5) is 5.95 Å². The molecule has 0 aromatic carbocycles. The van der Waals surface area contributed by atoms with Crippen LogP contribution in [-0.4, -0.2) is 35.2 Å². The van der Waals surface area contributed by atoms with Gasteiger partial charge in [-0.3, -0.25) is 4.79 Å². The number of nitrogens with one attached hydrogen (secondary N) is 1. The van der Waals surface area contributed by atoms with E-state index in [0.717, 1.165) is 25.9 Å². The number of amides is 1. The van der Waals surface area contributed by atoms with Crippen LogP contribution >= 0.6 is 0 Å². The molecule has 0 spiro atoms. The Morgan fingerprint density at radius 1 is 1.47 bits per heavy atom. The van der Waals surface area contributed by atoms with Gasteiger partial charge in [-0.05, 0) is 18.0 Å². The first-order chi connectivity index (χ1) is 8.86. The van der Waals surface area contributed by atoms with E-state index >= 15 is 0 Å². The second-order valence-corrected chi connectivity index (χ2v) is 6.14. The Hall–Kier alpha value is -1.59. The van der Waals surface area contributed by atoms with Crippen LogP contribution in [0.25, 0.3) is 0 Å². The first-order valence-electron chi connectivity index (χ1n) is 6.72. The third kappa shape index (κ3) is 3.45. The molecule has 1 aromatic heterocycles. The summed E-state index contributed by atoms with van der Waals surface area (Å²) >= 11 is 0. The predicted molar refractivity (Wildman–Crippen MR) is 72.0 cm³/mol. The van der Waals surface area contributed by atoms with E-state index < -0.39 is 0 Å². The monoisotopic (exact) mass is 266 g/mol. The van der Waals surface area contributed by atoms with Crippen LogP contribution < -0.4 is 10.2 Å². The standard InChI is InChI=1S/C13H22N4O2/c1-9(18)14-10-6-5-7-17(8-10)12-15-11(19-16-12)13(2,3)4/h10H,5-8H2,1-4H3,(H,14,18)/t10-/m1/s1. The van der Waals surface area contributed by atoms with E-state index in [-0.39, 0.29) is 17.4 Å². The number of carbonyl (C=O) groups is 1. The third-order valence-electron chi connectivity index (χ3n) is 3.17. The van der Waals surface area contributed by atoms with Crippen molar-refractivity contribution in [3.05, 3.63) is 5.89 Å². The molecule has 1 aliphatic heterocycles. The molecule has 1 aromatic rings. The molecule has 1 aliphatic rings. The molecular formula is C13H22N4O2. The van der Waals surface area contributed by atoms with Crippen molar-refractivity contribution in [3.8, 4) is 0 Å². The molecule has 6 nitrogen and oxygen atoms in total. The van der Waals surface area contributed by atoms with Crippen molar-refractivity contribution in [2.45, 2.75) is 52.0 Å². The van der Waals surface area contributed by atoms with E-state index in [9.17, 15) is 4.79 Å². The molecule has 1 N–H and O–H groups in total. The smallest absolute Gasteiger partial charge is 0.266 e. The van der Waals surface area contributed by atoms with E-state index in [1.165, 1.54) is 0 Å². The molecule has 2 rings (SSSR count). The summed E-state index contributed by atoms with van der Waals surface area (Å²) in [7, 11) is 0. The second kappa shape index (κ2) is 5.19. The highest BCUT2D eigenvalue weighted by molar-refractivity contribution is 5.73. The van der Waals surface area contributed by atoms with Gasteiger partial charge in [-0.15, -0.1) is 0 Å².